The second-order valence-corrected chi connectivity index (χ2v) is 10.3. The molecule has 1 aliphatic rings. The van der Waals surface area contributed by atoms with Crippen molar-refractivity contribution in [3.8, 4) is 22.5 Å². The summed E-state index contributed by atoms with van der Waals surface area (Å²) in [5.41, 5.74) is 5.25. The Balaban J connectivity index is 1.47. The fourth-order valence-electron chi connectivity index (χ4n) is 5.05. The van der Waals surface area contributed by atoms with Crippen LogP contribution in [0.25, 0.3) is 22.5 Å². The van der Waals surface area contributed by atoms with Gasteiger partial charge in [0.05, 0.1) is 6.54 Å². The normalized spacial score (nSPS) is 15.0. The van der Waals surface area contributed by atoms with E-state index in [1.807, 2.05) is 27.3 Å². The summed E-state index contributed by atoms with van der Waals surface area (Å²) in [6, 6.07) is 16.6. The van der Waals surface area contributed by atoms with Crippen LogP contribution in [0.3, 0.4) is 0 Å². The lowest BCUT2D eigenvalue weighted by molar-refractivity contribution is 0.380. The van der Waals surface area contributed by atoms with Crippen molar-refractivity contribution in [1.29, 1.82) is 0 Å². The summed E-state index contributed by atoms with van der Waals surface area (Å²) in [5.74, 6) is 1.11. The average Bonchev–Trinajstić information content (AvgIpc) is 3.49. The summed E-state index contributed by atoms with van der Waals surface area (Å²) in [6.07, 6.45) is 8.24. The Kier molecular flexibility index (Phi) is 5.94. The van der Waals surface area contributed by atoms with Crippen LogP contribution >= 0.6 is 0 Å². The maximum Gasteiger partial charge on any atom is 0.329 e. The van der Waals surface area contributed by atoms with E-state index < -0.39 is 0 Å². The minimum absolute atomic E-state index is 0.0836. The van der Waals surface area contributed by atoms with E-state index in [2.05, 4.69) is 77.9 Å². The van der Waals surface area contributed by atoms with Gasteiger partial charge < -0.3 is 0 Å². The van der Waals surface area contributed by atoms with E-state index in [-0.39, 0.29) is 11.2 Å². The van der Waals surface area contributed by atoms with E-state index in [9.17, 15) is 4.79 Å². The highest BCUT2D eigenvalue weighted by molar-refractivity contribution is 5.80. The number of aromatic amines is 1. The number of H-pyrrole nitrogens is 1. The van der Waals surface area contributed by atoms with Crippen molar-refractivity contribution in [2.75, 3.05) is 0 Å². The van der Waals surface area contributed by atoms with Crippen LogP contribution in [-0.4, -0.2) is 29.8 Å². The van der Waals surface area contributed by atoms with Gasteiger partial charge in [0, 0.05) is 28.9 Å². The number of hydrogen-bond acceptors (Lipinski definition) is 4. The summed E-state index contributed by atoms with van der Waals surface area (Å²) in [5, 5.41) is 14.4. The lowest BCUT2D eigenvalue weighted by atomic mass is 9.87. The number of benzene rings is 2. The zero-order valence-corrected chi connectivity index (χ0v) is 20.2. The molecule has 2 aromatic heterocycles. The van der Waals surface area contributed by atoms with Gasteiger partial charge in [-0.15, -0.1) is 5.10 Å². The van der Waals surface area contributed by atoms with Crippen molar-refractivity contribution in [1.82, 2.24) is 29.8 Å². The molecule has 0 spiro atoms. The van der Waals surface area contributed by atoms with Gasteiger partial charge in [-0.3, -0.25) is 9.13 Å². The second-order valence-electron chi connectivity index (χ2n) is 10.3. The highest BCUT2D eigenvalue weighted by Gasteiger charge is 2.26. The highest BCUT2D eigenvalue weighted by Crippen LogP contribution is 2.34. The Labute approximate surface area is 199 Å². The minimum atomic E-state index is -0.241. The number of nitrogens with one attached hydrogen (secondary N) is 1. The minimum Gasteiger partial charge on any atom is -0.294 e. The highest BCUT2D eigenvalue weighted by atomic mass is 16.1. The maximum atomic E-state index is 13.5. The Morgan fingerprint density at radius 1 is 0.971 bits per heavy atom. The van der Waals surface area contributed by atoms with E-state index >= 15 is 0 Å². The third-order valence-electron chi connectivity index (χ3n) is 6.89. The first-order valence-corrected chi connectivity index (χ1v) is 12.2. The fraction of sp³-hybridized carbons (Fsp3) is 0.407. The molecule has 34 heavy (non-hydrogen) atoms. The van der Waals surface area contributed by atoms with Crippen LogP contribution in [0.2, 0.25) is 0 Å². The van der Waals surface area contributed by atoms with Crippen LogP contribution in [0.4, 0.5) is 0 Å². The molecule has 2 aromatic carbocycles. The molecule has 7 nitrogen and oxygen atoms in total. The number of aromatic nitrogens is 6. The van der Waals surface area contributed by atoms with Crippen LogP contribution in [0.1, 0.15) is 70.1 Å². The summed E-state index contributed by atoms with van der Waals surface area (Å²) in [6.45, 7) is 6.88. The van der Waals surface area contributed by atoms with E-state index in [0.29, 0.717) is 18.3 Å². The third-order valence-corrected chi connectivity index (χ3v) is 6.89. The predicted octanol–water partition coefficient (Wildman–Crippen LogP) is 5.35. The average molecular weight is 457 g/mol. The molecule has 0 atom stereocenters. The molecule has 0 unspecified atom stereocenters. The molecule has 176 valence electrons. The van der Waals surface area contributed by atoms with Gasteiger partial charge in [-0.2, -0.15) is 0 Å². The first-order valence-electron chi connectivity index (χ1n) is 12.2. The summed E-state index contributed by atoms with van der Waals surface area (Å²) in [4.78, 5) is 13.5. The smallest absolute Gasteiger partial charge is 0.294 e. The van der Waals surface area contributed by atoms with E-state index in [1.165, 1.54) is 37.8 Å². The van der Waals surface area contributed by atoms with Gasteiger partial charge in [0.2, 0.25) is 0 Å². The molecule has 1 N–H and O–H groups in total. The molecule has 0 saturated heterocycles. The fourth-order valence-corrected chi connectivity index (χ4v) is 5.05. The summed E-state index contributed by atoms with van der Waals surface area (Å²) in [7, 11) is 0. The molecule has 0 aliphatic heterocycles. The quantitative estimate of drug-likeness (QED) is 0.439. The van der Waals surface area contributed by atoms with E-state index in [4.69, 9.17) is 0 Å². The number of nitrogens with zero attached hydrogens (tertiary/aromatic N) is 5. The molecule has 5 rings (SSSR count). The molecular weight excluding hydrogens is 424 g/mol. The molecule has 1 aliphatic carbocycles. The van der Waals surface area contributed by atoms with Crippen LogP contribution in [0.15, 0.2) is 59.5 Å². The number of hydrogen-bond donors (Lipinski definition) is 1. The van der Waals surface area contributed by atoms with Crippen molar-refractivity contribution < 1.29 is 0 Å². The molecule has 1 saturated carbocycles. The Bertz CT molecular complexity index is 1300. The molecule has 0 amide bonds. The van der Waals surface area contributed by atoms with Gasteiger partial charge in [0.15, 0.2) is 5.82 Å². The van der Waals surface area contributed by atoms with Gasteiger partial charge in [-0.05, 0) is 60.7 Å². The van der Waals surface area contributed by atoms with Crippen LogP contribution in [-0.2, 0) is 12.1 Å². The summed E-state index contributed by atoms with van der Waals surface area (Å²) < 4.78 is 3.91. The van der Waals surface area contributed by atoms with Crippen LogP contribution < -0.4 is 5.69 Å². The van der Waals surface area contributed by atoms with Gasteiger partial charge in [0.1, 0.15) is 0 Å². The molecule has 0 bridgehead atoms. The lowest BCUT2D eigenvalue weighted by Crippen LogP contribution is -2.34. The molecule has 7 heteroatoms. The largest absolute Gasteiger partial charge is 0.329 e. The summed E-state index contributed by atoms with van der Waals surface area (Å²) >= 11 is 0. The third kappa shape index (κ3) is 4.34. The van der Waals surface area contributed by atoms with Crippen molar-refractivity contribution in [3.63, 3.8) is 0 Å². The van der Waals surface area contributed by atoms with Gasteiger partial charge >= 0.3 is 5.69 Å². The van der Waals surface area contributed by atoms with Gasteiger partial charge in [0.25, 0.3) is 0 Å². The second kappa shape index (κ2) is 9.05. The van der Waals surface area contributed by atoms with E-state index in [0.717, 1.165) is 22.3 Å². The van der Waals surface area contributed by atoms with Crippen molar-refractivity contribution >= 4 is 0 Å². The monoisotopic (exact) mass is 456 g/mol. The van der Waals surface area contributed by atoms with Gasteiger partial charge in [-0.25, -0.2) is 9.89 Å². The number of imidazole rings is 1. The van der Waals surface area contributed by atoms with Gasteiger partial charge in [-0.1, -0.05) is 67.8 Å². The van der Waals surface area contributed by atoms with Crippen LogP contribution in [0, 0.1) is 0 Å². The lowest BCUT2D eigenvalue weighted by Gasteiger charge is -2.22. The molecular formula is C27H32N6O. The van der Waals surface area contributed by atoms with Crippen LogP contribution in [0.5, 0.6) is 0 Å². The SMILES string of the molecule is CC(C)(C)n1cc(C2CCCCC2)n(Cc2ccc(-c3ccccc3-c3nnn[nH]3)cc2)c1=O. The first kappa shape index (κ1) is 22.3. The zero-order valence-electron chi connectivity index (χ0n) is 20.2. The Morgan fingerprint density at radius 3 is 2.32 bits per heavy atom. The Hall–Kier alpha value is -3.48. The standard InChI is InChI=1S/C27H32N6O/c1-27(2,3)33-18-24(21-9-5-4-6-10-21)32(26(33)34)17-19-13-15-20(16-14-19)22-11-7-8-12-23(22)25-28-30-31-29-25/h7-8,11-16,18,21H,4-6,9-10,17H2,1-3H3,(H,28,29,30,31). The number of rotatable bonds is 5. The predicted molar refractivity (Wildman–Crippen MR) is 134 cm³/mol. The molecule has 0 radical (unpaired) electrons. The zero-order chi connectivity index (χ0) is 23.7. The van der Waals surface area contributed by atoms with Crippen molar-refractivity contribution in [2.45, 2.75) is 70.9 Å². The molecule has 2 heterocycles. The van der Waals surface area contributed by atoms with Crippen molar-refractivity contribution in [2.24, 2.45) is 0 Å². The Morgan fingerprint density at radius 2 is 1.68 bits per heavy atom. The first-order chi connectivity index (χ1) is 16.4. The van der Waals surface area contributed by atoms with E-state index in [1.54, 1.807) is 0 Å². The van der Waals surface area contributed by atoms with Crippen molar-refractivity contribution in [3.05, 3.63) is 76.5 Å². The number of tetrazole rings is 1. The molecule has 4 aromatic rings. The topological polar surface area (TPSA) is 81.4 Å². The molecule has 1 fully saturated rings. The maximum absolute atomic E-state index is 13.5.